The third-order valence-corrected chi connectivity index (χ3v) is 5.47. The van der Waals surface area contributed by atoms with Crippen molar-refractivity contribution in [3.8, 4) is 0 Å². The summed E-state index contributed by atoms with van der Waals surface area (Å²) < 4.78 is 5.18. The van der Waals surface area contributed by atoms with Gasteiger partial charge in [-0.25, -0.2) is 0 Å². The monoisotopic (exact) mass is 352 g/mol. The molecule has 6 nitrogen and oxygen atoms in total. The number of rotatable bonds is 4. The maximum Gasteiger partial charge on any atom is 0.222 e. The van der Waals surface area contributed by atoms with Crippen LogP contribution in [-0.2, 0) is 11.2 Å². The van der Waals surface area contributed by atoms with Gasteiger partial charge in [0.1, 0.15) is 5.76 Å². The number of piperidine rings is 1. The molecule has 4 rings (SSSR count). The molecule has 4 heterocycles. The lowest BCUT2D eigenvalue weighted by atomic mass is 9.93. The van der Waals surface area contributed by atoms with Gasteiger partial charge in [-0.05, 0) is 51.3 Å². The molecule has 0 radical (unpaired) electrons. The molecule has 3 aromatic heterocycles. The van der Waals surface area contributed by atoms with E-state index in [0.717, 1.165) is 54.0 Å². The summed E-state index contributed by atoms with van der Waals surface area (Å²) in [5, 5.41) is 3.96. The Morgan fingerprint density at radius 2 is 2.15 bits per heavy atom. The zero-order valence-electron chi connectivity index (χ0n) is 15.3. The number of hydrogen-bond acceptors (Lipinski definition) is 4. The number of nitrogens with one attached hydrogen (secondary N) is 1. The standard InChI is InChI=1S/C20H24N4O2/c1-13-16(14(2)26-23-13)5-6-20(25)24-10-7-15(8-11-24)18-12-19-17(22-18)4-3-9-21-19/h3-4,9,12,15,22H,5-8,10-11H2,1-2H3. The Morgan fingerprint density at radius 1 is 1.35 bits per heavy atom. The minimum Gasteiger partial charge on any atom is -0.361 e. The number of aromatic amines is 1. The van der Waals surface area contributed by atoms with E-state index >= 15 is 0 Å². The van der Waals surface area contributed by atoms with Crippen molar-refractivity contribution in [2.45, 2.75) is 45.4 Å². The van der Waals surface area contributed by atoms with E-state index in [9.17, 15) is 4.79 Å². The van der Waals surface area contributed by atoms with Gasteiger partial charge >= 0.3 is 0 Å². The summed E-state index contributed by atoms with van der Waals surface area (Å²) in [5.74, 6) is 1.51. The number of pyridine rings is 1. The average Bonchev–Trinajstić information content (AvgIpc) is 3.23. The van der Waals surface area contributed by atoms with Crippen LogP contribution in [0.3, 0.4) is 0 Å². The van der Waals surface area contributed by atoms with Crippen LogP contribution in [0.1, 0.15) is 47.9 Å². The van der Waals surface area contributed by atoms with Crippen LogP contribution in [0.5, 0.6) is 0 Å². The topological polar surface area (TPSA) is 75.0 Å². The van der Waals surface area contributed by atoms with Gasteiger partial charge < -0.3 is 14.4 Å². The van der Waals surface area contributed by atoms with Crippen molar-refractivity contribution in [2.75, 3.05) is 13.1 Å². The first-order chi connectivity index (χ1) is 12.6. The van der Waals surface area contributed by atoms with Crippen molar-refractivity contribution in [2.24, 2.45) is 0 Å². The first-order valence-corrected chi connectivity index (χ1v) is 9.25. The van der Waals surface area contributed by atoms with Gasteiger partial charge in [0.2, 0.25) is 5.91 Å². The number of amides is 1. The van der Waals surface area contributed by atoms with Gasteiger partial charge in [-0.15, -0.1) is 0 Å². The van der Waals surface area contributed by atoms with E-state index in [2.05, 4.69) is 27.3 Å². The molecule has 0 unspecified atom stereocenters. The fraction of sp³-hybridized carbons (Fsp3) is 0.450. The molecule has 0 saturated carbocycles. The van der Waals surface area contributed by atoms with Gasteiger partial charge in [0.05, 0.1) is 16.7 Å². The third-order valence-electron chi connectivity index (χ3n) is 5.47. The highest BCUT2D eigenvalue weighted by atomic mass is 16.5. The predicted molar refractivity (Wildman–Crippen MR) is 98.9 cm³/mol. The lowest BCUT2D eigenvalue weighted by molar-refractivity contribution is -0.132. The second kappa shape index (κ2) is 6.94. The highest BCUT2D eigenvalue weighted by molar-refractivity contribution is 5.77. The number of nitrogens with zero attached hydrogens (tertiary/aromatic N) is 3. The van der Waals surface area contributed by atoms with Crippen molar-refractivity contribution >= 4 is 16.9 Å². The van der Waals surface area contributed by atoms with E-state index in [1.807, 2.05) is 31.0 Å². The minimum absolute atomic E-state index is 0.224. The lowest BCUT2D eigenvalue weighted by Gasteiger charge is -2.31. The molecule has 0 aromatic carbocycles. The van der Waals surface area contributed by atoms with Crippen LogP contribution in [0, 0.1) is 13.8 Å². The molecule has 1 fully saturated rings. The number of carbonyl (C=O) groups is 1. The third kappa shape index (κ3) is 3.23. The quantitative estimate of drug-likeness (QED) is 0.780. The molecule has 1 amide bonds. The summed E-state index contributed by atoms with van der Waals surface area (Å²) >= 11 is 0. The first kappa shape index (κ1) is 16.8. The van der Waals surface area contributed by atoms with Crippen LogP contribution in [-0.4, -0.2) is 39.0 Å². The molecule has 1 aliphatic heterocycles. The molecule has 0 atom stereocenters. The van der Waals surface area contributed by atoms with Crippen molar-refractivity contribution in [1.29, 1.82) is 0 Å². The van der Waals surface area contributed by atoms with Crippen LogP contribution in [0.15, 0.2) is 28.9 Å². The van der Waals surface area contributed by atoms with Crippen molar-refractivity contribution < 1.29 is 9.32 Å². The summed E-state index contributed by atoms with van der Waals surface area (Å²) in [5.41, 5.74) is 5.29. The molecular formula is C20H24N4O2. The number of likely N-dealkylation sites (tertiary alicyclic amines) is 1. The molecule has 26 heavy (non-hydrogen) atoms. The van der Waals surface area contributed by atoms with Crippen molar-refractivity contribution in [1.82, 2.24) is 20.0 Å². The molecular weight excluding hydrogens is 328 g/mol. The van der Waals surface area contributed by atoms with Crippen molar-refractivity contribution in [3.63, 3.8) is 0 Å². The van der Waals surface area contributed by atoms with Gasteiger partial charge in [-0.3, -0.25) is 9.78 Å². The number of H-pyrrole nitrogens is 1. The van der Waals surface area contributed by atoms with E-state index in [-0.39, 0.29) is 5.91 Å². The molecule has 0 aliphatic carbocycles. The Bertz CT molecular complexity index is 866. The normalized spacial score (nSPS) is 15.7. The predicted octanol–water partition coefficient (Wildman–Crippen LogP) is 3.51. The number of carbonyl (C=O) groups excluding carboxylic acids is 1. The number of aryl methyl sites for hydroxylation is 2. The fourth-order valence-corrected chi connectivity index (χ4v) is 3.89. The number of aromatic nitrogens is 3. The molecule has 136 valence electrons. The van der Waals surface area contributed by atoms with Crippen molar-refractivity contribution in [3.05, 3.63) is 47.1 Å². The smallest absolute Gasteiger partial charge is 0.222 e. The Balaban J connectivity index is 1.33. The molecule has 1 aliphatic rings. The van der Waals surface area contributed by atoms with E-state index in [0.29, 0.717) is 18.8 Å². The van der Waals surface area contributed by atoms with Gasteiger partial charge in [0, 0.05) is 42.9 Å². The van der Waals surface area contributed by atoms with E-state index < -0.39 is 0 Å². The molecule has 0 spiro atoms. The number of fused-ring (bicyclic) bond motifs is 1. The molecule has 1 N–H and O–H groups in total. The second-order valence-corrected chi connectivity index (χ2v) is 7.12. The summed E-state index contributed by atoms with van der Waals surface area (Å²) in [6.45, 7) is 5.46. The van der Waals surface area contributed by atoms with Crippen LogP contribution < -0.4 is 0 Å². The molecule has 1 saturated heterocycles. The lowest BCUT2D eigenvalue weighted by Crippen LogP contribution is -2.38. The van der Waals surface area contributed by atoms with Gasteiger partial charge in [0.15, 0.2) is 0 Å². The Morgan fingerprint density at radius 3 is 2.85 bits per heavy atom. The maximum absolute atomic E-state index is 12.6. The van der Waals surface area contributed by atoms with Gasteiger partial charge in [0.25, 0.3) is 0 Å². The minimum atomic E-state index is 0.224. The maximum atomic E-state index is 12.6. The molecule has 6 heteroatoms. The molecule has 0 bridgehead atoms. The molecule has 3 aromatic rings. The Labute approximate surface area is 152 Å². The Kier molecular flexibility index (Phi) is 4.49. The largest absolute Gasteiger partial charge is 0.361 e. The summed E-state index contributed by atoms with van der Waals surface area (Å²) in [7, 11) is 0. The van der Waals surface area contributed by atoms with Crippen LogP contribution in [0.2, 0.25) is 0 Å². The zero-order chi connectivity index (χ0) is 18.1. The highest BCUT2D eigenvalue weighted by Crippen LogP contribution is 2.29. The van der Waals surface area contributed by atoms with Crippen LogP contribution >= 0.6 is 0 Å². The summed E-state index contributed by atoms with van der Waals surface area (Å²) in [6, 6.07) is 6.15. The fourth-order valence-electron chi connectivity index (χ4n) is 3.89. The van der Waals surface area contributed by atoms with Crippen LogP contribution in [0.4, 0.5) is 0 Å². The summed E-state index contributed by atoms with van der Waals surface area (Å²) in [6.07, 6.45) is 5.02. The summed E-state index contributed by atoms with van der Waals surface area (Å²) in [4.78, 5) is 22.4. The van der Waals surface area contributed by atoms with E-state index in [4.69, 9.17) is 4.52 Å². The average molecular weight is 352 g/mol. The second-order valence-electron chi connectivity index (χ2n) is 7.12. The highest BCUT2D eigenvalue weighted by Gasteiger charge is 2.25. The SMILES string of the molecule is Cc1noc(C)c1CCC(=O)N1CCC(c2cc3ncccc3[nH]2)CC1. The van der Waals surface area contributed by atoms with E-state index in [1.165, 1.54) is 5.69 Å². The van der Waals surface area contributed by atoms with E-state index in [1.54, 1.807) is 0 Å². The van der Waals surface area contributed by atoms with Gasteiger partial charge in [-0.1, -0.05) is 5.16 Å². The van der Waals surface area contributed by atoms with Gasteiger partial charge in [-0.2, -0.15) is 0 Å². The number of hydrogen-bond donors (Lipinski definition) is 1. The zero-order valence-corrected chi connectivity index (χ0v) is 15.3. The van der Waals surface area contributed by atoms with Crippen LogP contribution in [0.25, 0.3) is 11.0 Å². The first-order valence-electron chi connectivity index (χ1n) is 9.25. The Hall–Kier alpha value is -2.63.